The molecule has 0 atom stereocenters. The Morgan fingerprint density at radius 3 is 2.17 bits per heavy atom. The summed E-state index contributed by atoms with van der Waals surface area (Å²) in [7, 11) is -1.02. The Balaban J connectivity index is 1.44. The molecule has 0 aliphatic carbocycles. The minimum absolute atomic E-state index is 0.0233. The molecule has 9 nitrogen and oxygen atoms in total. The minimum atomic E-state index is -4.06. The molecule has 10 heteroatoms. The van der Waals surface area contributed by atoms with Crippen molar-refractivity contribution >= 4 is 27.8 Å². The number of sulfonamides is 1. The minimum Gasteiger partial charge on any atom is -0.497 e. The molecule has 40 heavy (non-hydrogen) atoms. The van der Waals surface area contributed by atoms with E-state index in [4.69, 9.17) is 14.2 Å². The van der Waals surface area contributed by atoms with Crippen LogP contribution in [0.2, 0.25) is 0 Å². The van der Waals surface area contributed by atoms with Gasteiger partial charge in [0.05, 0.1) is 31.0 Å². The van der Waals surface area contributed by atoms with E-state index >= 15 is 0 Å². The van der Waals surface area contributed by atoms with Gasteiger partial charge in [0, 0.05) is 0 Å². The van der Waals surface area contributed by atoms with Crippen molar-refractivity contribution in [3.63, 3.8) is 0 Å². The van der Waals surface area contributed by atoms with Crippen LogP contribution in [0.4, 0.5) is 5.69 Å². The Morgan fingerprint density at radius 1 is 0.850 bits per heavy atom. The third kappa shape index (κ3) is 7.17. The summed E-state index contributed by atoms with van der Waals surface area (Å²) < 4.78 is 44.4. The SMILES string of the molecule is COc1ccc(S(=O)(=O)N(CC(=O)N/N=C\c2ccc(OCc3ccccc3)c(OC)c2)c2ccccc2)cc1. The van der Waals surface area contributed by atoms with E-state index in [1.807, 2.05) is 30.3 Å². The number of carbonyl (C=O) groups is 1. The first-order valence-corrected chi connectivity index (χ1v) is 13.7. The highest BCUT2D eigenvalue weighted by Crippen LogP contribution is 2.28. The Kier molecular flexibility index (Phi) is 9.37. The van der Waals surface area contributed by atoms with Crippen LogP contribution in [0.5, 0.6) is 17.2 Å². The van der Waals surface area contributed by atoms with E-state index in [1.165, 1.54) is 32.6 Å². The molecule has 0 spiro atoms. The first-order chi connectivity index (χ1) is 19.4. The number of ether oxygens (including phenoxy) is 3. The van der Waals surface area contributed by atoms with Crippen molar-refractivity contribution in [3.05, 3.63) is 114 Å². The molecule has 0 aromatic heterocycles. The fourth-order valence-corrected chi connectivity index (χ4v) is 5.17. The Bertz CT molecular complexity index is 1540. The van der Waals surface area contributed by atoms with Gasteiger partial charge in [0.1, 0.15) is 18.9 Å². The zero-order valence-electron chi connectivity index (χ0n) is 22.1. The molecule has 4 aromatic rings. The molecule has 0 bridgehead atoms. The van der Waals surface area contributed by atoms with Crippen molar-refractivity contribution in [2.45, 2.75) is 11.5 Å². The average molecular weight is 560 g/mol. The number of nitrogens with one attached hydrogen (secondary N) is 1. The molecular weight excluding hydrogens is 530 g/mol. The van der Waals surface area contributed by atoms with Gasteiger partial charge in [0.15, 0.2) is 11.5 Å². The fourth-order valence-electron chi connectivity index (χ4n) is 3.75. The number of para-hydroxylation sites is 1. The summed E-state index contributed by atoms with van der Waals surface area (Å²) in [4.78, 5) is 12.8. The van der Waals surface area contributed by atoms with Gasteiger partial charge in [0.25, 0.3) is 15.9 Å². The molecule has 1 N–H and O–H groups in total. The summed E-state index contributed by atoms with van der Waals surface area (Å²) in [6.07, 6.45) is 1.44. The number of hydrazone groups is 1. The van der Waals surface area contributed by atoms with Gasteiger partial charge in [-0.3, -0.25) is 9.10 Å². The molecule has 0 radical (unpaired) electrons. The van der Waals surface area contributed by atoms with Gasteiger partial charge in [-0.25, -0.2) is 13.8 Å². The van der Waals surface area contributed by atoms with Gasteiger partial charge in [0.2, 0.25) is 0 Å². The molecule has 0 aliphatic rings. The molecule has 0 saturated heterocycles. The zero-order valence-corrected chi connectivity index (χ0v) is 22.9. The van der Waals surface area contributed by atoms with Crippen LogP contribution in [-0.2, 0) is 21.4 Å². The first-order valence-electron chi connectivity index (χ1n) is 12.3. The molecular formula is C30H29N3O6S. The Labute approximate surface area is 233 Å². The summed E-state index contributed by atoms with van der Waals surface area (Å²) in [5.41, 5.74) is 4.42. The second-order valence-corrected chi connectivity index (χ2v) is 10.4. The van der Waals surface area contributed by atoms with Crippen LogP contribution in [0.25, 0.3) is 0 Å². The monoisotopic (exact) mass is 559 g/mol. The van der Waals surface area contributed by atoms with E-state index in [-0.39, 0.29) is 4.90 Å². The van der Waals surface area contributed by atoms with E-state index in [1.54, 1.807) is 60.7 Å². The number of anilines is 1. The van der Waals surface area contributed by atoms with Crippen molar-refractivity contribution in [2.24, 2.45) is 5.10 Å². The number of carbonyl (C=O) groups excluding carboxylic acids is 1. The van der Waals surface area contributed by atoms with Crippen LogP contribution >= 0.6 is 0 Å². The Morgan fingerprint density at radius 2 is 1.52 bits per heavy atom. The average Bonchev–Trinajstić information content (AvgIpc) is 3.00. The number of benzene rings is 4. The lowest BCUT2D eigenvalue weighted by atomic mass is 10.2. The van der Waals surface area contributed by atoms with Crippen LogP contribution in [0.3, 0.4) is 0 Å². The lowest BCUT2D eigenvalue weighted by Crippen LogP contribution is -2.39. The van der Waals surface area contributed by atoms with Crippen LogP contribution in [0, 0.1) is 0 Å². The maximum atomic E-state index is 13.5. The third-order valence-corrected chi connectivity index (χ3v) is 7.59. The van der Waals surface area contributed by atoms with E-state index in [0.717, 1.165) is 9.87 Å². The number of rotatable bonds is 12. The molecule has 0 unspecified atom stereocenters. The van der Waals surface area contributed by atoms with E-state index in [2.05, 4.69) is 10.5 Å². The van der Waals surface area contributed by atoms with Gasteiger partial charge >= 0.3 is 0 Å². The molecule has 0 heterocycles. The molecule has 0 saturated carbocycles. The predicted molar refractivity (Wildman–Crippen MR) is 153 cm³/mol. The number of amides is 1. The highest BCUT2D eigenvalue weighted by molar-refractivity contribution is 7.92. The highest BCUT2D eigenvalue weighted by Gasteiger charge is 2.27. The summed E-state index contributed by atoms with van der Waals surface area (Å²) in [5, 5.41) is 4.01. The van der Waals surface area contributed by atoms with Crippen LogP contribution in [0.15, 0.2) is 113 Å². The maximum absolute atomic E-state index is 13.5. The quantitative estimate of drug-likeness (QED) is 0.200. The standard InChI is InChI=1S/C30H29N3O6S/c1-37-26-14-16-27(17-15-26)40(35,36)33(25-11-7-4-8-12-25)21-30(34)32-31-20-24-13-18-28(29(19-24)38-2)39-22-23-9-5-3-6-10-23/h3-20H,21-22H2,1-2H3,(H,32,34)/b31-20-. The third-order valence-electron chi connectivity index (χ3n) is 5.81. The van der Waals surface area contributed by atoms with Gasteiger partial charge in [-0.15, -0.1) is 0 Å². The maximum Gasteiger partial charge on any atom is 0.264 e. The molecule has 206 valence electrons. The van der Waals surface area contributed by atoms with Crippen LogP contribution in [-0.4, -0.2) is 41.3 Å². The summed E-state index contributed by atoms with van der Waals surface area (Å²) in [5.74, 6) is 0.971. The predicted octanol–water partition coefficient (Wildman–Crippen LogP) is 4.63. The molecule has 1 amide bonds. The second kappa shape index (κ2) is 13.3. The summed E-state index contributed by atoms with van der Waals surface area (Å²) in [6.45, 7) is -0.0939. The second-order valence-electron chi connectivity index (χ2n) is 8.50. The van der Waals surface area contributed by atoms with Gasteiger partial charge in [-0.1, -0.05) is 48.5 Å². The fraction of sp³-hybridized carbons (Fsp3) is 0.133. The summed E-state index contributed by atoms with van der Waals surface area (Å²) in [6, 6.07) is 29.4. The number of hydrogen-bond acceptors (Lipinski definition) is 7. The first kappa shape index (κ1) is 28.2. The van der Waals surface area contributed by atoms with Gasteiger partial charge < -0.3 is 14.2 Å². The van der Waals surface area contributed by atoms with Crippen molar-refractivity contribution < 1.29 is 27.4 Å². The normalized spacial score (nSPS) is 11.2. The topological polar surface area (TPSA) is 107 Å². The highest BCUT2D eigenvalue weighted by atomic mass is 32.2. The van der Waals surface area contributed by atoms with Crippen molar-refractivity contribution in [1.29, 1.82) is 0 Å². The lowest BCUT2D eigenvalue weighted by Gasteiger charge is -2.23. The Hall–Kier alpha value is -4.83. The van der Waals surface area contributed by atoms with E-state index in [0.29, 0.717) is 35.1 Å². The molecule has 0 fully saturated rings. The number of nitrogens with zero attached hydrogens (tertiary/aromatic N) is 2. The zero-order chi connectivity index (χ0) is 28.4. The van der Waals surface area contributed by atoms with Crippen molar-refractivity contribution in [1.82, 2.24) is 5.43 Å². The molecule has 4 rings (SSSR count). The number of methoxy groups -OCH3 is 2. The van der Waals surface area contributed by atoms with E-state index in [9.17, 15) is 13.2 Å². The van der Waals surface area contributed by atoms with E-state index < -0.39 is 22.5 Å². The molecule has 4 aromatic carbocycles. The van der Waals surface area contributed by atoms with Crippen molar-refractivity contribution in [2.75, 3.05) is 25.1 Å². The smallest absolute Gasteiger partial charge is 0.264 e. The molecule has 0 aliphatic heterocycles. The van der Waals surface area contributed by atoms with Crippen molar-refractivity contribution in [3.8, 4) is 17.2 Å². The van der Waals surface area contributed by atoms with Gasteiger partial charge in [-0.2, -0.15) is 5.10 Å². The van der Waals surface area contributed by atoms with Crippen LogP contribution < -0.4 is 23.9 Å². The van der Waals surface area contributed by atoms with Crippen LogP contribution in [0.1, 0.15) is 11.1 Å². The largest absolute Gasteiger partial charge is 0.497 e. The number of hydrogen-bond donors (Lipinski definition) is 1. The summed E-state index contributed by atoms with van der Waals surface area (Å²) >= 11 is 0. The lowest BCUT2D eigenvalue weighted by molar-refractivity contribution is -0.119. The van der Waals surface area contributed by atoms with Gasteiger partial charge in [-0.05, 0) is 65.7 Å².